The number of halogens is 3. The van der Waals surface area contributed by atoms with Crippen LogP contribution in [0.25, 0.3) is 0 Å². The van der Waals surface area contributed by atoms with Gasteiger partial charge in [0.1, 0.15) is 12.3 Å². The molecule has 0 aromatic carbocycles. The number of aliphatic hydroxyl groups is 1. The number of fused-ring (bicyclic) bond motifs is 8. The molecule has 0 bridgehead atoms. The van der Waals surface area contributed by atoms with E-state index in [2.05, 4.69) is 45.1 Å². The summed E-state index contributed by atoms with van der Waals surface area (Å²) in [5, 5.41) is 17.0. The lowest BCUT2D eigenvalue weighted by Crippen LogP contribution is -2.67. The average molecular weight is 591 g/mol. The van der Waals surface area contributed by atoms with E-state index in [1.807, 2.05) is 13.0 Å². The van der Waals surface area contributed by atoms with Crippen molar-refractivity contribution < 1.29 is 32.4 Å². The van der Waals surface area contributed by atoms with Gasteiger partial charge < -0.3 is 14.9 Å². The lowest BCUT2D eigenvalue weighted by atomic mass is 9.34. The average Bonchev–Trinajstić information content (AvgIpc) is 3.36. The van der Waals surface area contributed by atoms with Gasteiger partial charge in [-0.15, -0.1) is 0 Å². The number of carbonyl (C=O) groups excluding carboxylic acids is 2. The number of hydrogen-bond acceptors (Lipinski definition) is 5. The van der Waals surface area contributed by atoms with Gasteiger partial charge in [-0.1, -0.05) is 45.3 Å². The Labute approximate surface area is 246 Å². The summed E-state index contributed by atoms with van der Waals surface area (Å²) in [5.41, 5.74) is -0.871. The molecule has 1 amide bonds. The van der Waals surface area contributed by atoms with Crippen molar-refractivity contribution in [3.05, 3.63) is 29.2 Å². The highest BCUT2D eigenvalue weighted by molar-refractivity contribution is 5.96. The minimum absolute atomic E-state index is 0.00376. The van der Waals surface area contributed by atoms with E-state index in [1.54, 1.807) is 6.20 Å². The highest BCUT2D eigenvalue weighted by Gasteiger charge is 2.71. The van der Waals surface area contributed by atoms with Gasteiger partial charge in [-0.05, 0) is 97.9 Å². The SMILES string of the molecule is CC1(C)CC[C@]2(C(=O)NCC(F)(F)F)CC[C@]3(C)[C@H](C(=O)C=C4[C@@]5(C)Cc6cnoc6[C@@](C)(CO)[C@@H]5CC[C@]43C)[C@@H]2C1. The van der Waals surface area contributed by atoms with E-state index in [-0.39, 0.29) is 35.1 Å². The zero-order valence-electron chi connectivity index (χ0n) is 25.7. The summed E-state index contributed by atoms with van der Waals surface area (Å²) in [7, 11) is 0. The topological polar surface area (TPSA) is 92.4 Å². The third-order valence-corrected chi connectivity index (χ3v) is 13.4. The van der Waals surface area contributed by atoms with Crippen molar-refractivity contribution in [3.63, 3.8) is 0 Å². The van der Waals surface area contributed by atoms with Crippen LogP contribution in [0.1, 0.15) is 97.8 Å². The first-order valence-corrected chi connectivity index (χ1v) is 15.5. The van der Waals surface area contributed by atoms with Gasteiger partial charge in [0.15, 0.2) is 5.78 Å². The van der Waals surface area contributed by atoms with Gasteiger partial charge in [-0.2, -0.15) is 13.2 Å². The van der Waals surface area contributed by atoms with Gasteiger partial charge >= 0.3 is 6.18 Å². The van der Waals surface area contributed by atoms with Crippen LogP contribution in [0, 0.1) is 44.8 Å². The Kier molecular flexibility index (Phi) is 6.37. The summed E-state index contributed by atoms with van der Waals surface area (Å²) < 4.78 is 45.2. The molecule has 0 spiro atoms. The van der Waals surface area contributed by atoms with Gasteiger partial charge in [-0.3, -0.25) is 9.59 Å². The molecule has 9 heteroatoms. The lowest BCUT2D eigenvalue weighted by molar-refractivity contribution is -0.182. The van der Waals surface area contributed by atoms with Gasteiger partial charge in [0.05, 0.1) is 23.6 Å². The first kappa shape index (κ1) is 29.9. The Balaban J connectivity index is 1.46. The summed E-state index contributed by atoms with van der Waals surface area (Å²) in [6, 6.07) is 0. The predicted molar refractivity (Wildman–Crippen MR) is 150 cm³/mol. The fourth-order valence-electron chi connectivity index (χ4n) is 11.0. The standard InChI is InChI=1S/C33H45F3N2O4/c1-27(2)9-11-32(26(41)37-17-33(34,35)36)12-10-31(6)24(20(32)15-27)21(40)13-23-28(3)14-19-16-38-42-25(19)29(4,18-39)22(28)7-8-30(23,31)5/h13,16,20,22,24,39H,7-12,14-15,17-18H2,1-6H3,(H,37,41)/t20-,22+,24-,28-,29-,30+,31+,32-/m0/s1. The zero-order chi connectivity index (χ0) is 30.7. The smallest absolute Gasteiger partial charge is 0.395 e. The first-order valence-electron chi connectivity index (χ1n) is 15.5. The Hall–Kier alpha value is -2.16. The molecule has 5 aliphatic rings. The molecule has 6 rings (SSSR count). The van der Waals surface area contributed by atoms with Crippen LogP contribution in [0.3, 0.4) is 0 Å². The molecular formula is C33H45F3N2O4. The van der Waals surface area contributed by atoms with Gasteiger partial charge in [0, 0.05) is 11.5 Å². The molecule has 0 saturated heterocycles. The second kappa shape index (κ2) is 8.95. The lowest BCUT2D eigenvalue weighted by Gasteiger charge is -2.69. The number of hydrogen-bond donors (Lipinski definition) is 2. The molecule has 5 aliphatic carbocycles. The Morgan fingerprint density at radius 1 is 1.10 bits per heavy atom. The van der Waals surface area contributed by atoms with Gasteiger partial charge in [-0.25, -0.2) is 0 Å². The molecule has 6 nitrogen and oxygen atoms in total. The van der Waals surface area contributed by atoms with Crippen LogP contribution in [-0.4, -0.2) is 41.3 Å². The van der Waals surface area contributed by atoms with Crippen molar-refractivity contribution in [2.45, 2.75) is 105 Å². The van der Waals surface area contributed by atoms with E-state index in [4.69, 9.17) is 4.52 Å². The minimum Gasteiger partial charge on any atom is -0.395 e. The third kappa shape index (κ3) is 3.83. The van der Waals surface area contributed by atoms with Crippen molar-refractivity contribution in [1.82, 2.24) is 10.5 Å². The monoisotopic (exact) mass is 590 g/mol. The Morgan fingerprint density at radius 3 is 2.45 bits per heavy atom. The molecule has 0 unspecified atom stereocenters. The molecule has 3 saturated carbocycles. The number of alkyl halides is 3. The number of allylic oxidation sites excluding steroid dienone is 2. The van der Waals surface area contributed by atoms with E-state index < -0.39 is 46.2 Å². The highest BCUT2D eigenvalue weighted by Crippen LogP contribution is 2.74. The first-order chi connectivity index (χ1) is 19.4. The number of aromatic nitrogens is 1. The predicted octanol–water partition coefficient (Wildman–Crippen LogP) is 6.32. The van der Waals surface area contributed by atoms with Crippen LogP contribution in [0.5, 0.6) is 0 Å². The summed E-state index contributed by atoms with van der Waals surface area (Å²) in [5.74, 6) is -0.539. The van der Waals surface area contributed by atoms with E-state index in [9.17, 15) is 27.9 Å². The maximum Gasteiger partial charge on any atom is 0.405 e. The number of carbonyl (C=O) groups is 2. The molecule has 1 aromatic heterocycles. The molecule has 0 radical (unpaired) electrons. The number of ketones is 1. The molecule has 232 valence electrons. The Bertz CT molecular complexity index is 1350. The van der Waals surface area contributed by atoms with Crippen molar-refractivity contribution >= 4 is 11.7 Å². The number of aliphatic hydroxyl groups excluding tert-OH is 1. The molecule has 8 atom stereocenters. The van der Waals surface area contributed by atoms with Crippen LogP contribution in [0.2, 0.25) is 0 Å². The number of rotatable bonds is 3. The normalized spacial score (nSPS) is 44.1. The van der Waals surface area contributed by atoms with E-state index in [0.29, 0.717) is 32.1 Å². The second-order valence-corrected chi connectivity index (χ2v) is 16.1. The van der Waals surface area contributed by atoms with Crippen molar-refractivity contribution in [2.24, 2.45) is 44.8 Å². The molecule has 3 fully saturated rings. The van der Waals surface area contributed by atoms with Crippen LogP contribution in [0.15, 0.2) is 22.4 Å². The van der Waals surface area contributed by atoms with Crippen molar-refractivity contribution in [2.75, 3.05) is 13.2 Å². The summed E-state index contributed by atoms with van der Waals surface area (Å²) >= 11 is 0. The molecule has 1 aromatic rings. The largest absolute Gasteiger partial charge is 0.405 e. The quantitative estimate of drug-likeness (QED) is 0.430. The number of amides is 1. The summed E-state index contributed by atoms with van der Waals surface area (Å²) in [6.45, 7) is 11.6. The Morgan fingerprint density at radius 2 is 1.79 bits per heavy atom. The number of nitrogens with one attached hydrogen (secondary N) is 1. The van der Waals surface area contributed by atoms with Crippen LogP contribution < -0.4 is 5.32 Å². The van der Waals surface area contributed by atoms with Crippen LogP contribution >= 0.6 is 0 Å². The zero-order valence-corrected chi connectivity index (χ0v) is 25.7. The van der Waals surface area contributed by atoms with Gasteiger partial charge in [0.25, 0.3) is 0 Å². The second-order valence-electron chi connectivity index (χ2n) is 16.1. The molecular weight excluding hydrogens is 545 g/mol. The summed E-state index contributed by atoms with van der Waals surface area (Å²) in [6.07, 6.45) is 4.37. The van der Waals surface area contributed by atoms with E-state index in [0.717, 1.165) is 36.2 Å². The van der Waals surface area contributed by atoms with Crippen molar-refractivity contribution in [1.29, 1.82) is 0 Å². The maximum atomic E-state index is 14.6. The molecule has 0 aliphatic heterocycles. The van der Waals surface area contributed by atoms with E-state index >= 15 is 0 Å². The van der Waals surface area contributed by atoms with Crippen LogP contribution in [-0.2, 0) is 21.4 Å². The fourth-order valence-corrected chi connectivity index (χ4v) is 11.0. The van der Waals surface area contributed by atoms with Crippen LogP contribution in [0.4, 0.5) is 13.2 Å². The molecule has 1 heterocycles. The number of nitrogens with zero attached hydrogens (tertiary/aromatic N) is 1. The van der Waals surface area contributed by atoms with E-state index in [1.165, 1.54) is 0 Å². The molecule has 42 heavy (non-hydrogen) atoms. The fraction of sp³-hybridized carbons (Fsp3) is 0.788. The third-order valence-electron chi connectivity index (χ3n) is 13.4. The van der Waals surface area contributed by atoms with Gasteiger partial charge in [0.2, 0.25) is 5.91 Å². The summed E-state index contributed by atoms with van der Waals surface area (Å²) in [4.78, 5) is 28.3. The highest BCUT2D eigenvalue weighted by atomic mass is 19.4. The minimum atomic E-state index is -4.49. The molecule has 2 N–H and O–H groups in total. The van der Waals surface area contributed by atoms with Crippen molar-refractivity contribution in [3.8, 4) is 0 Å². The maximum absolute atomic E-state index is 14.6.